The van der Waals surface area contributed by atoms with E-state index in [0.29, 0.717) is 12.5 Å². The van der Waals surface area contributed by atoms with Gasteiger partial charge in [0.15, 0.2) is 0 Å². The fourth-order valence-corrected chi connectivity index (χ4v) is 2.41. The van der Waals surface area contributed by atoms with Crippen molar-refractivity contribution < 1.29 is 5.11 Å². The molecule has 0 heterocycles. The van der Waals surface area contributed by atoms with Gasteiger partial charge in [0.25, 0.3) is 0 Å². The van der Waals surface area contributed by atoms with Crippen molar-refractivity contribution in [2.45, 2.75) is 51.0 Å². The monoisotopic (exact) mass is 210 g/mol. The summed E-state index contributed by atoms with van der Waals surface area (Å²) in [6.07, 6.45) is 8.12. The molecular formula is C12H22N2O. The number of hydrogen-bond acceptors (Lipinski definition) is 3. The molecule has 1 rings (SSSR count). The Hall–Kier alpha value is -0.590. The fraction of sp³-hybridized carbons (Fsp3) is 0.917. The van der Waals surface area contributed by atoms with Crippen molar-refractivity contribution in [3.63, 3.8) is 0 Å². The second-order valence-corrected chi connectivity index (χ2v) is 4.31. The average Bonchev–Trinajstić information content (AvgIpc) is 2.29. The van der Waals surface area contributed by atoms with Crippen molar-refractivity contribution in [3.05, 3.63) is 0 Å². The quantitative estimate of drug-likeness (QED) is 0.681. The van der Waals surface area contributed by atoms with Gasteiger partial charge in [-0.05, 0) is 25.8 Å². The molecule has 86 valence electrons. The average molecular weight is 210 g/mol. The molecule has 0 unspecified atom stereocenters. The van der Waals surface area contributed by atoms with Gasteiger partial charge in [0.1, 0.15) is 0 Å². The lowest BCUT2D eigenvalue weighted by atomic mass is 9.94. The van der Waals surface area contributed by atoms with Gasteiger partial charge in [-0.25, -0.2) is 0 Å². The third kappa shape index (κ3) is 4.63. The van der Waals surface area contributed by atoms with Crippen LogP contribution in [0.25, 0.3) is 0 Å². The van der Waals surface area contributed by atoms with Crippen LogP contribution in [0, 0.1) is 11.3 Å². The molecule has 0 atom stereocenters. The molecule has 3 heteroatoms. The zero-order chi connectivity index (χ0) is 10.9. The summed E-state index contributed by atoms with van der Waals surface area (Å²) in [7, 11) is 0. The first-order valence-corrected chi connectivity index (χ1v) is 6.10. The molecule has 3 nitrogen and oxygen atoms in total. The molecule has 0 aromatic carbocycles. The summed E-state index contributed by atoms with van der Waals surface area (Å²) in [4.78, 5) is 2.37. The first kappa shape index (κ1) is 12.5. The smallest absolute Gasteiger partial charge is 0.0622 e. The molecule has 0 aromatic rings. The summed E-state index contributed by atoms with van der Waals surface area (Å²) in [6.45, 7) is 1.98. The lowest BCUT2D eigenvalue weighted by Crippen LogP contribution is -2.39. The van der Waals surface area contributed by atoms with Crippen molar-refractivity contribution in [2.24, 2.45) is 0 Å². The number of rotatable bonds is 6. The van der Waals surface area contributed by atoms with E-state index in [4.69, 9.17) is 10.4 Å². The van der Waals surface area contributed by atoms with Gasteiger partial charge >= 0.3 is 0 Å². The van der Waals surface area contributed by atoms with E-state index in [0.717, 1.165) is 19.5 Å². The van der Waals surface area contributed by atoms with E-state index < -0.39 is 0 Å². The normalized spacial score (nSPS) is 17.9. The minimum atomic E-state index is 0.239. The third-order valence-corrected chi connectivity index (χ3v) is 3.21. The summed E-state index contributed by atoms with van der Waals surface area (Å²) in [6, 6.07) is 2.84. The van der Waals surface area contributed by atoms with E-state index in [2.05, 4.69) is 11.0 Å². The third-order valence-electron chi connectivity index (χ3n) is 3.21. The lowest BCUT2D eigenvalue weighted by molar-refractivity contribution is 0.123. The van der Waals surface area contributed by atoms with Crippen LogP contribution in [-0.4, -0.2) is 35.7 Å². The molecule has 0 saturated heterocycles. The Labute approximate surface area is 92.7 Å². The van der Waals surface area contributed by atoms with E-state index in [1.807, 2.05) is 0 Å². The van der Waals surface area contributed by atoms with Gasteiger partial charge in [-0.3, -0.25) is 4.90 Å². The number of nitriles is 1. The molecule has 0 bridgehead atoms. The predicted molar refractivity (Wildman–Crippen MR) is 60.4 cm³/mol. The SMILES string of the molecule is N#CCCCN(CCO)C1CCCCC1. The fourth-order valence-electron chi connectivity index (χ4n) is 2.41. The van der Waals surface area contributed by atoms with Gasteiger partial charge in [-0.2, -0.15) is 5.26 Å². The number of unbranched alkanes of at least 4 members (excludes halogenated alkanes) is 1. The van der Waals surface area contributed by atoms with Crippen LogP contribution >= 0.6 is 0 Å². The van der Waals surface area contributed by atoms with Gasteiger partial charge in [-0.15, -0.1) is 0 Å². The van der Waals surface area contributed by atoms with Crippen LogP contribution in [0.5, 0.6) is 0 Å². The van der Waals surface area contributed by atoms with Crippen LogP contribution in [-0.2, 0) is 0 Å². The lowest BCUT2D eigenvalue weighted by Gasteiger charge is -2.33. The molecule has 0 radical (unpaired) electrons. The van der Waals surface area contributed by atoms with Crippen molar-refractivity contribution >= 4 is 0 Å². The van der Waals surface area contributed by atoms with Gasteiger partial charge in [0.2, 0.25) is 0 Å². The molecule has 1 aliphatic carbocycles. The summed E-state index contributed by atoms with van der Waals surface area (Å²) < 4.78 is 0. The molecule has 0 spiro atoms. The topological polar surface area (TPSA) is 47.3 Å². The number of aliphatic hydroxyl groups excluding tert-OH is 1. The molecule has 1 fully saturated rings. The first-order valence-electron chi connectivity index (χ1n) is 6.10. The van der Waals surface area contributed by atoms with E-state index in [9.17, 15) is 0 Å². The Kier molecular flexibility index (Phi) is 6.38. The highest BCUT2D eigenvalue weighted by molar-refractivity contribution is 4.77. The Morgan fingerprint density at radius 3 is 2.53 bits per heavy atom. The van der Waals surface area contributed by atoms with Gasteiger partial charge in [0, 0.05) is 19.0 Å². The molecule has 1 saturated carbocycles. The van der Waals surface area contributed by atoms with Crippen molar-refractivity contribution in [1.82, 2.24) is 4.90 Å². The Morgan fingerprint density at radius 1 is 1.20 bits per heavy atom. The zero-order valence-electron chi connectivity index (χ0n) is 9.49. The maximum absolute atomic E-state index is 9.02. The molecule has 0 aliphatic heterocycles. The van der Waals surface area contributed by atoms with Gasteiger partial charge in [-0.1, -0.05) is 19.3 Å². The van der Waals surface area contributed by atoms with E-state index in [1.165, 1.54) is 32.1 Å². The zero-order valence-corrected chi connectivity index (χ0v) is 9.49. The Morgan fingerprint density at radius 2 is 1.93 bits per heavy atom. The largest absolute Gasteiger partial charge is 0.395 e. The van der Waals surface area contributed by atoms with Crippen LogP contribution in [0.2, 0.25) is 0 Å². The number of aliphatic hydroxyl groups is 1. The van der Waals surface area contributed by atoms with Crippen molar-refractivity contribution in [1.29, 1.82) is 5.26 Å². The Balaban J connectivity index is 2.30. The second-order valence-electron chi connectivity index (χ2n) is 4.31. The maximum atomic E-state index is 9.02. The molecule has 1 aliphatic rings. The standard InChI is InChI=1S/C12H22N2O/c13-8-4-5-9-14(10-11-15)12-6-2-1-3-7-12/h12,15H,1-7,9-11H2. The van der Waals surface area contributed by atoms with Crippen LogP contribution in [0.15, 0.2) is 0 Å². The molecule has 1 N–H and O–H groups in total. The molecular weight excluding hydrogens is 188 g/mol. The summed E-state index contributed by atoms with van der Waals surface area (Å²) in [5.74, 6) is 0. The first-order chi connectivity index (χ1) is 7.38. The van der Waals surface area contributed by atoms with E-state index in [-0.39, 0.29) is 6.61 Å². The van der Waals surface area contributed by atoms with Crippen LogP contribution < -0.4 is 0 Å². The second kappa shape index (κ2) is 7.67. The van der Waals surface area contributed by atoms with Gasteiger partial charge < -0.3 is 5.11 Å². The molecule has 0 aromatic heterocycles. The van der Waals surface area contributed by atoms with Crippen molar-refractivity contribution in [3.8, 4) is 6.07 Å². The molecule has 0 amide bonds. The van der Waals surface area contributed by atoms with E-state index in [1.54, 1.807) is 0 Å². The van der Waals surface area contributed by atoms with Gasteiger partial charge in [0.05, 0.1) is 12.7 Å². The predicted octanol–water partition coefficient (Wildman–Crippen LogP) is 1.92. The maximum Gasteiger partial charge on any atom is 0.0622 e. The van der Waals surface area contributed by atoms with Crippen LogP contribution in [0.4, 0.5) is 0 Å². The minimum Gasteiger partial charge on any atom is -0.395 e. The van der Waals surface area contributed by atoms with E-state index >= 15 is 0 Å². The summed E-state index contributed by atoms with van der Waals surface area (Å²) >= 11 is 0. The van der Waals surface area contributed by atoms with Crippen LogP contribution in [0.3, 0.4) is 0 Å². The summed E-state index contributed by atoms with van der Waals surface area (Å²) in [5.41, 5.74) is 0. The number of hydrogen-bond donors (Lipinski definition) is 1. The van der Waals surface area contributed by atoms with Crippen LogP contribution in [0.1, 0.15) is 44.9 Å². The minimum absolute atomic E-state index is 0.239. The highest BCUT2D eigenvalue weighted by atomic mass is 16.3. The highest BCUT2D eigenvalue weighted by Crippen LogP contribution is 2.22. The highest BCUT2D eigenvalue weighted by Gasteiger charge is 2.19. The molecule has 15 heavy (non-hydrogen) atoms. The number of nitrogens with zero attached hydrogens (tertiary/aromatic N) is 2. The Bertz CT molecular complexity index is 194. The van der Waals surface area contributed by atoms with Crippen molar-refractivity contribution in [2.75, 3.05) is 19.7 Å². The summed E-state index contributed by atoms with van der Waals surface area (Å²) in [5, 5.41) is 17.5.